The maximum Gasteiger partial charge on any atom is 0.272 e. The van der Waals surface area contributed by atoms with Gasteiger partial charge in [-0.1, -0.05) is 24.3 Å². The first-order chi connectivity index (χ1) is 9.08. The number of nitrogen functional groups attached to an aromatic ring is 1. The molecule has 3 N–H and O–H groups in total. The van der Waals surface area contributed by atoms with Gasteiger partial charge in [-0.05, 0) is 37.1 Å². The number of hydrogen-bond acceptors (Lipinski definition) is 4. The number of aromatic nitrogens is 2. The molecule has 0 saturated heterocycles. The van der Waals surface area contributed by atoms with Crippen LogP contribution in [0.5, 0.6) is 0 Å². The van der Waals surface area contributed by atoms with Crippen LogP contribution in [-0.2, 0) is 0 Å². The fourth-order valence-corrected chi connectivity index (χ4v) is 1.88. The number of carbonyl (C=O) groups is 1. The van der Waals surface area contributed by atoms with Crippen molar-refractivity contribution in [3.05, 3.63) is 53.2 Å². The largest absolute Gasteiger partial charge is 0.382 e. The maximum atomic E-state index is 12.0. The van der Waals surface area contributed by atoms with Crippen LogP contribution in [0.3, 0.4) is 0 Å². The predicted octanol–water partition coefficient (Wildman–Crippen LogP) is 1.86. The zero-order valence-corrected chi connectivity index (χ0v) is 10.9. The first-order valence-corrected chi connectivity index (χ1v) is 6.03. The van der Waals surface area contributed by atoms with Crippen LogP contribution in [0, 0.1) is 6.92 Å². The summed E-state index contributed by atoms with van der Waals surface area (Å²) in [6.45, 7) is 3.95. The van der Waals surface area contributed by atoms with Crippen LogP contribution < -0.4 is 11.1 Å². The number of nitrogens with two attached hydrogens (primary N) is 1. The smallest absolute Gasteiger partial charge is 0.272 e. The number of amides is 1. The topological polar surface area (TPSA) is 80.9 Å². The van der Waals surface area contributed by atoms with Crippen molar-refractivity contribution in [3.8, 4) is 0 Å². The lowest BCUT2D eigenvalue weighted by molar-refractivity contribution is 0.0934. The van der Waals surface area contributed by atoms with Crippen LogP contribution in [-0.4, -0.2) is 16.1 Å². The van der Waals surface area contributed by atoms with Gasteiger partial charge in [-0.2, -0.15) is 0 Å². The lowest BCUT2D eigenvalue weighted by Crippen LogP contribution is -2.28. The van der Waals surface area contributed by atoms with E-state index in [0.717, 1.165) is 11.1 Å². The van der Waals surface area contributed by atoms with E-state index in [2.05, 4.69) is 15.5 Å². The number of hydrogen-bond donors (Lipinski definition) is 2. The van der Waals surface area contributed by atoms with Crippen molar-refractivity contribution in [2.24, 2.45) is 0 Å². The molecule has 1 atom stereocenters. The van der Waals surface area contributed by atoms with E-state index in [9.17, 15) is 4.79 Å². The molecule has 0 aliphatic rings. The van der Waals surface area contributed by atoms with Crippen LogP contribution in [0.2, 0.25) is 0 Å². The molecule has 5 nitrogen and oxygen atoms in total. The Morgan fingerprint density at radius 2 is 1.95 bits per heavy atom. The van der Waals surface area contributed by atoms with Crippen LogP contribution in [0.15, 0.2) is 36.4 Å². The van der Waals surface area contributed by atoms with Gasteiger partial charge in [-0.25, -0.2) is 0 Å². The summed E-state index contributed by atoms with van der Waals surface area (Å²) in [5, 5.41) is 10.3. The van der Waals surface area contributed by atoms with Crippen LogP contribution in [0.25, 0.3) is 0 Å². The van der Waals surface area contributed by atoms with Crippen molar-refractivity contribution in [1.29, 1.82) is 0 Å². The van der Waals surface area contributed by atoms with Gasteiger partial charge in [0.15, 0.2) is 5.69 Å². The molecule has 2 rings (SSSR count). The van der Waals surface area contributed by atoms with Crippen molar-refractivity contribution in [1.82, 2.24) is 15.5 Å². The second-order valence-electron chi connectivity index (χ2n) is 4.40. The molecule has 5 heteroatoms. The third-order valence-electron chi connectivity index (χ3n) is 2.92. The fraction of sp³-hybridized carbons (Fsp3) is 0.214. The van der Waals surface area contributed by atoms with E-state index in [1.807, 2.05) is 38.1 Å². The molecule has 1 aromatic heterocycles. The number of rotatable bonds is 3. The SMILES string of the molecule is Cc1ccccc1C(C)NC(=O)c1ccc(N)nn1. The van der Waals surface area contributed by atoms with Gasteiger partial charge in [0.05, 0.1) is 6.04 Å². The van der Waals surface area contributed by atoms with E-state index in [1.165, 1.54) is 0 Å². The highest BCUT2D eigenvalue weighted by Gasteiger charge is 2.14. The number of aryl methyl sites for hydroxylation is 1. The molecule has 98 valence electrons. The van der Waals surface area contributed by atoms with Gasteiger partial charge in [0.1, 0.15) is 5.82 Å². The Morgan fingerprint density at radius 1 is 1.21 bits per heavy atom. The monoisotopic (exact) mass is 256 g/mol. The molecular formula is C14H16N4O. The van der Waals surface area contributed by atoms with Gasteiger partial charge in [0.25, 0.3) is 5.91 Å². The van der Waals surface area contributed by atoms with Gasteiger partial charge in [-0.3, -0.25) is 4.79 Å². The van der Waals surface area contributed by atoms with E-state index in [1.54, 1.807) is 12.1 Å². The number of nitrogens with zero attached hydrogens (tertiary/aromatic N) is 2. The second-order valence-corrected chi connectivity index (χ2v) is 4.40. The average Bonchev–Trinajstić information content (AvgIpc) is 2.39. The Bertz CT molecular complexity index is 580. The Labute approximate surface area is 111 Å². The Hall–Kier alpha value is -2.43. The first-order valence-electron chi connectivity index (χ1n) is 6.03. The summed E-state index contributed by atoms with van der Waals surface area (Å²) in [7, 11) is 0. The molecule has 0 saturated carbocycles. The molecule has 1 heterocycles. The predicted molar refractivity (Wildman–Crippen MR) is 73.5 cm³/mol. The molecule has 0 aliphatic heterocycles. The van der Waals surface area contributed by atoms with Gasteiger partial charge >= 0.3 is 0 Å². The summed E-state index contributed by atoms with van der Waals surface area (Å²) in [5.74, 6) is 0.0340. The Morgan fingerprint density at radius 3 is 2.58 bits per heavy atom. The summed E-state index contributed by atoms with van der Waals surface area (Å²) in [6.07, 6.45) is 0. The lowest BCUT2D eigenvalue weighted by Gasteiger charge is -2.16. The molecule has 1 aromatic carbocycles. The van der Waals surface area contributed by atoms with Crippen molar-refractivity contribution in [2.75, 3.05) is 5.73 Å². The van der Waals surface area contributed by atoms with Crippen molar-refractivity contribution < 1.29 is 4.79 Å². The Kier molecular flexibility index (Phi) is 3.75. The molecular weight excluding hydrogens is 240 g/mol. The van der Waals surface area contributed by atoms with Gasteiger partial charge < -0.3 is 11.1 Å². The quantitative estimate of drug-likeness (QED) is 0.878. The van der Waals surface area contributed by atoms with Crippen LogP contribution >= 0.6 is 0 Å². The molecule has 0 fully saturated rings. The molecule has 0 bridgehead atoms. The average molecular weight is 256 g/mol. The number of benzene rings is 1. The Balaban J connectivity index is 2.11. The van der Waals surface area contributed by atoms with Crippen molar-refractivity contribution in [2.45, 2.75) is 19.9 Å². The molecule has 0 aliphatic carbocycles. The zero-order chi connectivity index (χ0) is 13.8. The molecule has 0 radical (unpaired) electrons. The summed E-state index contributed by atoms with van der Waals surface area (Å²) in [6, 6.07) is 11.0. The summed E-state index contributed by atoms with van der Waals surface area (Å²) >= 11 is 0. The highest BCUT2D eigenvalue weighted by molar-refractivity contribution is 5.92. The summed E-state index contributed by atoms with van der Waals surface area (Å²) in [4.78, 5) is 12.0. The number of carbonyl (C=O) groups excluding carboxylic acids is 1. The van der Waals surface area contributed by atoms with Crippen molar-refractivity contribution >= 4 is 11.7 Å². The molecule has 19 heavy (non-hydrogen) atoms. The normalized spacial score (nSPS) is 11.9. The highest BCUT2D eigenvalue weighted by atomic mass is 16.2. The van der Waals surface area contributed by atoms with Gasteiger partial charge in [-0.15, -0.1) is 10.2 Å². The zero-order valence-electron chi connectivity index (χ0n) is 10.9. The van der Waals surface area contributed by atoms with Crippen LogP contribution in [0.1, 0.15) is 34.6 Å². The second kappa shape index (κ2) is 5.48. The lowest BCUT2D eigenvalue weighted by atomic mass is 10.0. The third-order valence-corrected chi connectivity index (χ3v) is 2.92. The minimum absolute atomic E-state index is 0.0898. The molecule has 1 amide bonds. The maximum absolute atomic E-state index is 12.0. The summed E-state index contributed by atoms with van der Waals surface area (Å²) < 4.78 is 0. The molecule has 0 spiro atoms. The molecule has 1 unspecified atom stereocenters. The van der Waals surface area contributed by atoms with E-state index in [4.69, 9.17) is 5.73 Å². The van der Waals surface area contributed by atoms with Gasteiger partial charge in [0.2, 0.25) is 0 Å². The summed E-state index contributed by atoms with van der Waals surface area (Å²) in [5.41, 5.74) is 7.91. The minimum atomic E-state index is -0.261. The number of nitrogens with one attached hydrogen (secondary N) is 1. The number of anilines is 1. The van der Waals surface area contributed by atoms with E-state index >= 15 is 0 Å². The minimum Gasteiger partial charge on any atom is -0.382 e. The van der Waals surface area contributed by atoms with Crippen LogP contribution in [0.4, 0.5) is 5.82 Å². The standard InChI is InChI=1S/C14H16N4O/c1-9-5-3-4-6-11(9)10(2)16-14(19)12-7-8-13(15)18-17-12/h3-8,10H,1-2H3,(H2,15,18)(H,16,19). The molecule has 2 aromatic rings. The van der Waals surface area contributed by atoms with Crippen molar-refractivity contribution in [3.63, 3.8) is 0 Å². The van der Waals surface area contributed by atoms with E-state index in [0.29, 0.717) is 5.82 Å². The highest BCUT2D eigenvalue weighted by Crippen LogP contribution is 2.16. The first kappa shape index (κ1) is 13.0. The van der Waals surface area contributed by atoms with E-state index in [-0.39, 0.29) is 17.6 Å². The van der Waals surface area contributed by atoms with Gasteiger partial charge in [0, 0.05) is 0 Å². The fourth-order valence-electron chi connectivity index (χ4n) is 1.88. The third kappa shape index (κ3) is 3.07. The van der Waals surface area contributed by atoms with E-state index < -0.39 is 0 Å².